The summed E-state index contributed by atoms with van der Waals surface area (Å²) in [6.07, 6.45) is 0.0287. The van der Waals surface area contributed by atoms with E-state index in [9.17, 15) is 9.59 Å². The van der Waals surface area contributed by atoms with Crippen LogP contribution < -0.4 is 10.1 Å². The zero-order valence-corrected chi connectivity index (χ0v) is 13.2. The summed E-state index contributed by atoms with van der Waals surface area (Å²) >= 11 is 5.86. The monoisotopic (exact) mass is 313 g/mol. The van der Waals surface area contributed by atoms with E-state index >= 15 is 0 Å². The summed E-state index contributed by atoms with van der Waals surface area (Å²) in [5.74, 6) is -0.0535. The minimum atomic E-state index is -0.702. The van der Waals surface area contributed by atoms with Crippen LogP contribution in [0.2, 0.25) is 5.02 Å². The molecule has 0 aliphatic rings. The molecule has 1 atom stereocenters. The number of methoxy groups -OCH3 is 1. The van der Waals surface area contributed by atoms with Crippen LogP contribution in [0.25, 0.3) is 0 Å². The molecule has 0 saturated carbocycles. The van der Waals surface area contributed by atoms with Crippen LogP contribution in [-0.2, 0) is 9.53 Å². The van der Waals surface area contributed by atoms with Gasteiger partial charge in [0.2, 0.25) is 0 Å². The van der Waals surface area contributed by atoms with Gasteiger partial charge >= 0.3 is 0 Å². The fourth-order valence-electron chi connectivity index (χ4n) is 1.70. The smallest absolute Gasteiger partial charge is 0.260 e. The Hall–Kier alpha value is -1.59. The van der Waals surface area contributed by atoms with Gasteiger partial charge in [0.1, 0.15) is 5.75 Å². The summed E-state index contributed by atoms with van der Waals surface area (Å²) in [6.45, 7) is 4.15. The summed E-state index contributed by atoms with van der Waals surface area (Å²) in [7, 11) is 1.61. The number of ketones is 1. The van der Waals surface area contributed by atoms with E-state index in [0.29, 0.717) is 29.5 Å². The van der Waals surface area contributed by atoms with Gasteiger partial charge in [-0.1, -0.05) is 11.6 Å². The quantitative estimate of drug-likeness (QED) is 0.591. The molecule has 0 bridgehead atoms. The Morgan fingerprint density at radius 3 is 2.71 bits per heavy atom. The number of hydrogen-bond donors (Lipinski definition) is 1. The molecule has 21 heavy (non-hydrogen) atoms. The number of ether oxygens (including phenoxy) is 2. The molecule has 0 fully saturated rings. The normalized spacial score (nSPS) is 11.8. The van der Waals surface area contributed by atoms with E-state index in [1.165, 1.54) is 13.0 Å². The lowest BCUT2D eigenvalue weighted by Gasteiger charge is -2.16. The lowest BCUT2D eigenvalue weighted by atomic mass is 10.1. The van der Waals surface area contributed by atoms with Gasteiger partial charge in [0.15, 0.2) is 11.9 Å². The SMILES string of the molecule is COCCCNC(=O)C(C)Oc1ccc(Cl)cc1C(C)=O. The van der Waals surface area contributed by atoms with Crippen LogP contribution in [0.15, 0.2) is 18.2 Å². The molecule has 0 aliphatic heterocycles. The van der Waals surface area contributed by atoms with Crippen molar-refractivity contribution < 1.29 is 19.1 Å². The topological polar surface area (TPSA) is 64.6 Å². The van der Waals surface area contributed by atoms with Crippen molar-refractivity contribution in [3.63, 3.8) is 0 Å². The molecule has 0 radical (unpaired) electrons. The second-order valence-corrected chi connectivity index (χ2v) is 5.03. The van der Waals surface area contributed by atoms with E-state index in [0.717, 1.165) is 6.42 Å². The highest BCUT2D eigenvalue weighted by Gasteiger charge is 2.17. The average molecular weight is 314 g/mol. The Kier molecular flexibility index (Phi) is 7.19. The van der Waals surface area contributed by atoms with Gasteiger partial charge in [-0.2, -0.15) is 0 Å². The Bertz CT molecular complexity index is 504. The number of amides is 1. The van der Waals surface area contributed by atoms with Crippen molar-refractivity contribution in [3.8, 4) is 5.75 Å². The lowest BCUT2D eigenvalue weighted by Crippen LogP contribution is -2.37. The van der Waals surface area contributed by atoms with Crippen LogP contribution in [0.3, 0.4) is 0 Å². The molecular weight excluding hydrogens is 294 g/mol. The van der Waals surface area contributed by atoms with Crippen molar-refractivity contribution in [3.05, 3.63) is 28.8 Å². The maximum Gasteiger partial charge on any atom is 0.260 e. The fourth-order valence-corrected chi connectivity index (χ4v) is 1.87. The van der Waals surface area contributed by atoms with E-state index < -0.39 is 6.10 Å². The third kappa shape index (κ3) is 5.73. The minimum absolute atomic E-state index is 0.166. The molecule has 1 rings (SSSR count). The van der Waals surface area contributed by atoms with Crippen molar-refractivity contribution in [1.29, 1.82) is 0 Å². The van der Waals surface area contributed by atoms with Crippen molar-refractivity contribution in [2.45, 2.75) is 26.4 Å². The molecule has 1 N–H and O–H groups in total. The zero-order chi connectivity index (χ0) is 15.8. The Morgan fingerprint density at radius 2 is 2.10 bits per heavy atom. The number of nitrogens with one attached hydrogen (secondary N) is 1. The minimum Gasteiger partial charge on any atom is -0.480 e. The molecule has 1 aromatic rings. The Balaban J connectivity index is 2.63. The first-order valence-electron chi connectivity index (χ1n) is 6.69. The Labute approximate surface area is 129 Å². The fraction of sp³-hybridized carbons (Fsp3) is 0.467. The summed E-state index contributed by atoms with van der Waals surface area (Å²) in [5, 5.41) is 3.19. The molecule has 6 heteroatoms. The van der Waals surface area contributed by atoms with Crippen LogP contribution in [0.5, 0.6) is 5.75 Å². The third-order valence-electron chi connectivity index (χ3n) is 2.82. The van der Waals surface area contributed by atoms with Gasteiger partial charge < -0.3 is 14.8 Å². The second-order valence-electron chi connectivity index (χ2n) is 4.59. The van der Waals surface area contributed by atoms with Crippen LogP contribution in [-0.4, -0.2) is 38.1 Å². The summed E-state index contributed by atoms with van der Waals surface area (Å²) in [6, 6.07) is 4.74. The van der Waals surface area contributed by atoms with Crippen molar-refractivity contribution in [2.24, 2.45) is 0 Å². The number of benzene rings is 1. The van der Waals surface area contributed by atoms with Crippen molar-refractivity contribution >= 4 is 23.3 Å². The molecule has 0 aromatic heterocycles. The third-order valence-corrected chi connectivity index (χ3v) is 3.05. The molecule has 1 aromatic carbocycles. The molecule has 0 saturated heterocycles. The maximum absolute atomic E-state index is 11.9. The van der Waals surface area contributed by atoms with E-state index in [4.69, 9.17) is 21.1 Å². The first kappa shape index (κ1) is 17.5. The van der Waals surface area contributed by atoms with E-state index in [2.05, 4.69) is 5.32 Å². The predicted octanol–water partition coefficient (Wildman–Crippen LogP) is 2.46. The predicted molar refractivity (Wildman–Crippen MR) is 81.0 cm³/mol. The summed E-state index contributed by atoms with van der Waals surface area (Å²) in [5.41, 5.74) is 0.363. The number of carbonyl (C=O) groups is 2. The van der Waals surface area contributed by atoms with Gasteiger partial charge in [-0.3, -0.25) is 9.59 Å². The Morgan fingerprint density at radius 1 is 1.38 bits per heavy atom. The molecule has 5 nitrogen and oxygen atoms in total. The van der Waals surface area contributed by atoms with Gasteiger partial charge in [0.05, 0.1) is 5.56 Å². The second kappa shape index (κ2) is 8.64. The van der Waals surface area contributed by atoms with Crippen molar-refractivity contribution in [1.82, 2.24) is 5.32 Å². The number of Topliss-reactive ketones (excluding diaryl/α,β-unsaturated/α-hetero) is 1. The number of rotatable bonds is 8. The molecule has 1 unspecified atom stereocenters. The molecule has 0 aliphatic carbocycles. The zero-order valence-electron chi connectivity index (χ0n) is 12.4. The molecule has 116 valence electrons. The highest BCUT2D eigenvalue weighted by molar-refractivity contribution is 6.31. The number of carbonyl (C=O) groups excluding carboxylic acids is 2. The highest BCUT2D eigenvalue weighted by atomic mass is 35.5. The van der Waals surface area contributed by atoms with Crippen LogP contribution in [0, 0.1) is 0 Å². The van der Waals surface area contributed by atoms with Gasteiger partial charge in [0, 0.05) is 25.3 Å². The largest absolute Gasteiger partial charge is 0.480 e. The first-order valence-corrected chi connectivity index (χ1v) is 7.07. The standard InChI is InChI=1S/C15H20ClNO4/c1-10(18)13-9-12(16)5-6-14(13)21-11(2)15(19)17-7-4-8-20-3/h5-6,9,11H,4,7-8H2,1-3H3,(H,17,19). The van der Waals surface area contributed by atoms with Crippen molar-refractivity contribution in [2.75, 3.05) is 20.3 Å². The van der Waals surface area contributed by atoms with E-state index in [1.807, 2.05) is 0 Å². The molecule has 0 spiro atoms. The summed E-state index contributed by atoms with van der Waals surface area (Å²) in [4.78, 5) is 23.4. The highest BCUT2D eigenvalue weighted by Crippen LogP contribution is 2.24. The van der Waals surface area contributed by atoms with Crippen LogP contribution in [0.1, 0.15) is 30.6 Å². The van der Waals surface area contributed by atoms with E-state index in [1.54, 1.807) is 26.2 Å². The molecule has 1 amide bonds. The van der Waals surface area contributed by atoms with Gasteiger partial charge in [0.25, 0.3) is 5.91 Å². The summed E-state index contributed by atoms with van der Waals surface area (Å²) < 4.78 is 10.5. The number of hydrogen-bond acceptors (Lipinski definition) is 4. The lowest BCUT2D eigenvalue weighted by molar-refractivity contribution is -0.127. The maximum atomic E-state index is 11.9. The van der Waals surface area contributed by atoms with Gasteiger partial charge in [-0.05, 0) is 38.5 Å². The number of halogens is 1. The van der Waals surface area contributed by atoms with Crippen LogP contribution in [0.4, 0.5) is 0 Å². The van der Waals surface area contributed by atoms with E-state index in [-0.39, 0.29) is 11.7 Å². The van der Waals surface area contributed by atoms with Crippen LogP contribution >= 0.6 is 11.6 Å². The van der Waals surface area contributed by atoms with Gasteiger partial charge in [-0.15, -0.1) is 0 Å². The molecular formula is C15H20ClNO4. The molecule has 0 heterocycles. The average Bonchev–Trinajstić information content (AvgIpc) is 2.44. The van der Waals surface area contributed by atoms with Gasteiger partial charge in [-0.25, -0.2) is 0 Å². The first-order chi connectivity index (χ1) is 9.95.